The van der Waals surface area contributed by atoms with Gasteiger partial charge in [0.2, 0.25) is 5.91 Å². The smallest absolute Gasteiger partial charge is 0.238 e. The highest BCUT2D eigenvalue weighted by Gasteiger charge is 2.09. The summed E-state index contributed by atoms with van der Waals surface area (Å²) >= 11 is 5.09. The van der Waals surface area contributed by atoms with Gasteiger partial charge in [-0.1, -0.05) is 18.2 Å². The largest absolute Gasteiger partial charge is 0.324 e. The first kappa shape index (κ1) is 14.2. The maximum absolute atomic E-state index is 11.8. The van der Waals surface area contributed by atoms with Crippen LogP contribution in [-0.2, 0) is 4.79 Å². The molecule has 1 amide bonds. The van der Waals surface area contributed by atoms with E-state index in [1.54, 1.807) is 11.3 Å². The number of rotatable bonds is 5. The Labute approximate surface area is 125 Å². The van der Waals surface area contributed by atoms with E-state index in [4.69, 9.17) is 0 Å². The fourth-order valence-corrected chi connectivity index (χ4v) is 2.78. The first-order valence-corrected chi connectivity index (χ1v) is 7.65. The lowest BCUT2D eigenvalue weighted by atomic mass is 10.2. The van der Waals surface area contributed by atoms with E-state index in [1.165, 1.54) is 4.88 Å². The molecule has 0 spiro atoms. The number of carbonyl (C=O) groups excluding carboxylic acids is 1. The summed E-state index contributed by atoms with van der Waals surface area (Å²) in [6.45, 7) is 2.35. The highest BCUT2D eigenvalue weighted by molar-refractivity contribution is 9.10. The molecule has 2 rings (SSSR count). The molecule has 0 aliphatic carbocycles. The van der Waals surface area contributed by atoms with Gasteiger partial charge in [-0.05, 0) is 46.4 Å². The Morgan fingerprint density at radius 1 is 1.32 bits per heavy atom. The third-order valence-corrected chi connectivity index (χ3v) is 4.43. The minimum Gasteiger partial charge on any atom is -0.324 e. The Hall–Kier alpha value is -1.17. The zero-order chi connectivity index (χ0) is 13.7. The van der Waals surface area contributed by atoms with Crippen molar-refractivity contribution in [3.63, 3.8) is 0 Å². The zero-order valence-corrected chi connectivity index (χ0v) is 12.9. The van der Waals surface area contributed by atoms with Crippen molar-refractivity contribution in [1.82, 2.24) is 5.32 Å². The second kappa shape index (κ2) is 6.84. The highest BCUT2D eigenvalue weighted by Crippen LogP contribution is 2.21. The van der Waals surface area contributed by atoms with Crippen LogP contribution in [0, 0.1) is 0 Å². The quantitative estimate of drug-likeness (QED) is 0.870. The van der Waals surface area contributed by atoms with Crippen LogP contribution in [0.1, 0.15) is 17.8 Å². The molecule has 3 nitrogen and oxygen atoms in total. The van der Waals surface area contributed by atoms with Crippen LogP contribution in [0.2, 0.25) is 0 Å². The van der Waals surface area contributed by atoms with Crippen molar-refractivity contribution in [2.75, 3.05) is 11.9 Å². The number of hydrogen-bond acceptors (Lipinski definition) is 3. The number of hydrogen-bond donors (Lipinski definition) is 2. The molecule has 1 aromatic heterocycles. The Morgan fingerprint density at radius 3 is 2.79 bits per heavy atom. The zero-order valence-electron chi connectivity index (χ0n) is 10.5. The summed E-state index contributed by atoms with van der Waals surface area (Å²) in [5.74, 6) is -0.0460. The topological polar surface area (TPSA) is 41.1 Å². The summed E-state index contributed by atoms with van der Waals surface area (Å²) in [6, 6.07) is 11.8. The average molecular weight is 339 g/mol. The molecule has 1 aromatic carbocycles. The number of nitrogens with one attached hydrogen (secondary N) is 2. The van der Waals surface area contributed by atoms with Gasteiger partial charge in [0.15, 0.2) is 0 Å². The van der Waals surface area contributed by atoms with Gasteiger partial charge in [0.25, 0.3) is 0 Å². The van der Waals surface area contributed by atoms with Gasteiger partial charge in [-0.2, -0.15) is 0 Å². The average Bonchev–Trinajstić information content (AvgIpc) is 2.93. The molecular weight excluding hydrogens is 324 g/mol. The maximum atomic E-state index is 11.8. The predicted molar refractivity (Wildman–Crippen MR) is 83.5 cm³/mol. The van der Waals surface area contributed by atoms with Crippen molar-refractivity contribution in [3.8, 4) is 0 Å². The van der Waals surface area contributed by atoms with Crippen molar-refractivity contribution in [2.24, 2.45) is 0 Å². The second-order valence-electron chi connectivity index (χ2n) is 4.15. The molecule has 0 bridgehead atoms. The molecule has 0 saturated heterocycles. The SMILES string of the molecule is C[C@@H](NCC(=O)Nc1ccccc1Br)c1cccs1. The molecule has 1 atom stereocenters. The van der Waals surface area contributed by atoms with Crippen LogP contribution >= 0.6 is 27.3 Å². The van der Waals surface area contributed by atoms with Crippen molar-refractivity contribution >= 4 is 38.9 Å². The number of benzene rings is 1. The summed E-state index contributed by atoms with van der Waals surface area (Å²) in [5.41, 5.74) is 0.790. The van der Waals surface area contributed by atoms with Crippen molar-refractivity contribution in [2.45, 2.75) is 13.0 Å². The molecular formula is C14H15BrN2OS. The number of para-hydroxylation sites is 1. The van der Waals surface area contributed by atoms with Crippen LogP contribution in [0.4, 0.5) is 5.69 Å². The van der Waals surface area contributed by atoms with E-state index in [0.29, 0.717) is 6.54 Å². The van der Waals surface area contributed by atoms with E-state index in [2.05, 4.69) is 39.6 Å². The Bertz CT molecular complexity index is 542. The van der Waals surface area contributed by atoms with Crippen LogP contribution in [0.15, 0.2) is 46.3 Å². The molecule has 1 heterocycles. The minimum atomic E-state index is -0.0460. The number of amides is 1. The molecule has 0 saturated carbocycles. The molecule has 0 fully saturated rings. The van der Waals surface area contributed by atoms with E-state index >= 15 is 0 Å². The van der Waals surface area contributed by atoms with Gasteiger partial charge in [-0.3, -0.25) is 4.79 Å². The van der Waals surface area contributed by atoms with E-state index < -0.39 is 0 Å². The standard InChI is InChI=1S/C14H15BrN2OS/c1-10(13-7-4-8-19-13)16-9-14(18)17-12-6-3-2-5-11(12)15/h2-8,10,16H,9H2,1H3,(H,17,18)/t10-/m1/s1. The van der Waals surface area contributed by atoms with Gasteiger partial charge in [-0.25, -0.2) is 0 Å². The summed E-state index contributed by atoms with van der Waals surface area (Å²) in [6.07, 6.45) is 0. The maximum Gasteiger partial charge on any atom is 0.238 e. The Morgan fingerprint density at radius 2 is 2.11 bits per heavy atom. The predicted octanol–water partition coefficient (Wildman–Crippen LogP) is 3.80. The highest BCUT2D eigenvalue weighted by atomic mass is 79.9. The summed E-state index contributed by atoms with van der Waals surface area (Å²) < 4.78 is 0.884. The Kier molecular flexibility index (Phi) is 5.13. The fourth-order valence-electron chi connectivity index (χ4n) is 1.64. The number of anilines is 1. The van der Waals surface area contributed by atoms with Gasteiger partial charge in [0, 0.05) is 15.4 Å². The molecule has 0 aliphatic heterocycles. The number of carbonyl (C=O) groups is 1. The number of halogens is 1. The molecule has 19 heavy (non-hydrogen) atoms. The normalized spacial score (nSPS) is 12.1. The summed E-state index contributed by atoms with van der Waals surface area (Å²) in [5, 5.41) is 8.11. The molecule has 2 N–H and O–H groups in total. The van der Waals surface area contributed by atoms with Gasteiger partial charge in [0.1, 0.15) is 0 Å². The lowest BCUT2D eigenvalue weighted by Crippen LogP contribution is -2.29. The molecule has 0 unspecified atom stereocenters. The van der Waals surface area contributed by atoms with Crippen LogP contribution in [-0.4, -0.2) is 12.5 Å². The van der Waals surface area contributed by atoms with Crippen molar-refractivity contribution in [3.05, 3.63) is 51.1 Å². The van der Waals surface area contributed by atoms with Crippen LogP contribution in [0.25, 0.3) is 0 Å². The molecule has 2 aromatic rings. The second-order valence-corrected chi connectivity index (χ2v) is 5.98. The third-order valence-electron chi connectivity index (χ3n) is 2.69. The number of thiophene rings is 1. The first-order valence-electron chi connectivity index (χ1n) is 5.98. The van der Waals surface area contributed by atoms with Gasteiger partial charge < -0.3 is 10.6 Å². The summed E-state index contributed by atoms with van der Waals surface area (Å²) in [7, 11) is 0. The first-order chi connectivity index (χ1) is 9.16. The van der Waals surface area contributed by atoms with E-state index in [-0.39, 0.29) is 11.9 Å². The monoisotopic (exact) mass is 338 g/mol. The van der Waals surface area contributed by atoms with Gasteiger partial charge in [0.05, 0.1) is 12.2 Å². The molecule has 0 radical (unpaired) electrons. The molecule has 100 valence electrons. The van der Waals surface area contributed by atoms with Gasteiger partial charge >= 0.3 is 0 Å². The van der Waals surface area contributed by atoms with Crippen molar-refractivity contribution in [1.29, 1.82) is 0 Å². The molecule has 0 aliphatic rings. The van der Waals surface area contributed by atoms with Gasteiger partial charge in [-0.15, -0.1) is 11.3 Å². The lowest BCUT2D eigenvalue weighted by Gasteiger charge is -2.12. The van der Waals surface area contributed by atoms with E-state index in [9.17, 15) is 4.79 Å². The lowest BCUT2D eigenvalue weighted by molar-refractivity contribution is -0.115. The fraction of sp³-hybridized carbons (Fsp3) is 0.214. The van der Waals surface area contributed by atoms with Crippen LogP contribution < -0.4 is 10.6 Å². The summed E-state index contributed by atoms with van der Waals surface area (Å²) in [4.78, 5) is 13.1. The van der Waals surface area contributed by atoms with Crippen LogP contribution in [0.5, 0.6) is 0 Å². The Balaban J connectivity index is 1.84. The van der Waals surface area contributed by atoms with E-state index in [0.717, 1.165) is 10.2 Å². The van der Waals surface area contributed by atoms with Crippen molar-refractivity contribution < 1.29 is 4.79 Å². The third kappa shape index (κ3) is 4.16. The molecule has 5 heteroatoms. The van der Waals surface area contributed by atoms with E-state index in [1.807, 2.05) is 35.7 Å². The minimum absolute atomic E-state index is 0.0460. The van der Waals surface area contributed by atoms with Crippen LogP contribution in [0.3, 0.4) is 0 Å².